The maximum atomic E-state index is 14.0. The first-order valence-corrected chi connectivity index (χ1v) is 47.0. The van der Waals surface area contributed by atoms with Gasteiger partial charge in [0.05, 0.1) is 82.4 Å². The number of esters is 3. The number of nitrogens with one attached hydrogen (secondary N) is 9. The summed E-state index contributed by atoms with van der Waals surface area (Å²) in [6.07, 6.45) is 17.3. The van der Waals surface area contributed by atoms with Gasteiger partial charge in [0.1, 0.15) is 35.7 Å². The molecule has 7 aliphatic heterocycles. The number of benzene rings is 3. The van der Waals surface area contributed by atoms with Crippen LogP contribution in [-0.4, -0.2) is 200 Å². The first-order chi connectivity index (χ1) is 62.8. The molecule has 15 rings (SSSR count). The third-order valence-corrected chi connectivity index (χ3v) is 27.0. The Morgan fingerprint density at radius 1 is 0.379 bits per heavy atom. The highest BCUT2D eigenvalue weighted by Gasteiger charge is 2.49. The molecular weight excluding hydrogens is 1680 g/mol. The van der Waals surface area contributed by atoms with Gasteiger partial charge in [-0.2, -0.15) is 0 Å². The van der Waals surface area contributed by atoms with Gasteiger partial charge in [-0.15, -0.1) is 0 Å². The molecule has 6 fully saturated rings. The maximum Gasteiger partial charge on any atom is 0.345 e. The average Bonchev–Trinajstić information content (AvgIpc) is 1.10. The third-order valence-electron chi connectivity index (χ3n) is 27.0. The van der Waals surface area contributed by atoms with Crippen molar-refractivity contribution in [2.45, 2.75) is 272 Å². The second kappa shape index (κ2) is 42.2. The molecular formula is C100H131N15O17. The summed E-state index contributed by atoms with van der Waals surface area (Å²) in [5, 5.41) is 24.4. The molecule has 4 saturated heterocycles. The molecule has 32 nitrogen and oxygen atoms in total. The number of carbonyl (C=O) groups is 12. The van der Waals surface area contributed by atoms with Gasteiger partial charge in [-0.05, 0) is 227 Å². The van der Waals surface area contributed by atoms with Crippen molar-refractivity contribution >= 4 is 122 Å². The smallest absolute Gasteiger partial charge is 0.345 e. The van der Waals surface area contributed by atoms with Crippen LogP contribution in [-0.2, 0) is 81.2 Å². The Hall–Kier alpha value is -11.5. The SMILES string of the molecule is CC(C)[C@@H]1OC(=O)C2(/C=C/c3ccc4ccc(nc4c3)[C@@H](C)NC(=O)[C@@H]3CCCN(N3)C(=O)[C@H](C)NC1=O)COCCO2.CC1CCC2(/C=C/c3ccc4ccc(nc4c3)[C@@H](C)NC(=O)C3(C)CCCN(N3)C(=O)[C@H](C)NC(=O)[C@H](C(C)C)OC2=O)CC1.CC1CCC2(/C=C/c3ccc4ccc(nc4c3)[C@@H](C)NC(=O)[C@@H]3CCCN(N3)C(=O)[C@H](C)NC(=O)[C@@H](C(C)C)OC2=O)CC1. The number of cyclic esters (lactones) is 3. The van der Waals surface area contributed by atoms with E-state index in [1.165, 1.54) is 15.0 Å². The van der Waals surface area contributed by atoms with Gasteiger partial charge in [-0.3, -0.25) is 82.7 Å². The lowest BCUT2D eigenvalue weighted by Gasteiger charge is -2.41. The first kappa shape index (κ1) is 98.1. The zero-order chi connectivity index (χ0) is 94.8. The standard InChI is InChI=1S/C35H47N5O5.C34H45N5O5.C31H39N5O7/c1-21(2)29-30(41)36-24(5)31(42)40-19-7-15-34(6,39-40)32(43)37-23(4)27-11-10-26-9-8-25(20-28(26)38-27)14-18-35(33(44)45-29)16-12-22(3)13-17-35;1-20(2)29-31(41)36-23(5)32(42)39-18-6-7-27(38-39)30(40)35-22(4)26-11-10-25-9-8-24(19-28(25)37-26)14-17-34(33(43)44-29)15-12-21(3)13-16-34;1-18(2)26-28(38)33-20(4)29(39)36-13-5-6-24(35-36)27(37)32-19(3)23-10-9-22-8-7-21(16-25(22)34-23)11-12-31(30(40)43-26)17-41-14-15-42-31/h8-11,14,18,20-24,29,39H,7,12-13,15-17,19H2,1-6H3,(H,36,41)(H,37,43);8-11,14,17,19-23,27,29,38H,6-7,12-13,15-16,18H2,1-5H3,(H,35,40)(H,36,41);7-12,16,18-20,24,26,35H,5-6,13-15,17H2,1-4H3,(H,32,37)(H,33,38)/b18-14+;17-14+;12-11+/t22?,23-,24+,29+,34?,35?;21?,22-,23+,27+,29-,34?;19-,20+,24+,26+,31?/m111/s1. The lowest BCUT2D eigenvalue weighted by atomic mass is 9.70. The number of aromatic nitrogens is 3. The summed E-state index contributed by atoms with van der Waals surface area (Å²) >= 11 is 0. The van der Waals surface area contributed by atoms with E-state index in [1.54, 1.807) is 53.7 Å². The van der Waals surface area contributed by atoms with E-state index in [0.717, 1.165) is 75.3 Å². The number of hydrogen-bond donors (Lipinski definition) is 9. The van der Waals surface area contributed by atoms with Gasteiger partial charge in [-0.1, -0.05) is 140 Å². The van der Waals surface area contributed by atoms with Gasteiger partial charge >= 0.3 is 17.9 Å². The lowest BCUT2D eigenvalue weighted by molar-refractivity contribution is -0.195. The number of hydrazine groups is 3. The van der Waals surface area contributed by atoms with Gasteiger partial charge in [0.15, 0.2) is 18.3 Å². The van der Waals surface area contributed by atoms with Crippen molar-refractivity contribution in [3.63, 3.8) is 0 Å². The van der Waals surface area contributed by atoms with Crippen LogP contribution in [0.4, 0.5) is 0 Å². The molecule has 9 aliphatic rings. The molecule has 2 unspecified atom stereocenters. The number of hydrogen-bond acceptors (Lipinski definition) is 23. The van der Waals surface area contributed by atoms with Crippen LogP contribution in [0.2, 0.25) is 0 Å². The number of fused-ring (bicyclic) bond motifs is 12. The lowest BCUT2D eigenvalue weighted by Crippen LogP contribution is -2.67. The molecule has 6 aromatic rings. The van der Waals surface area contributed by atoms with Gasteiger partial charge in [0, 0.05) is 35.8 Å². The molecule has 2 aliphatic carbocycles. The molecule has 3 aromatic heterocycles. The number of amides is 9. The van der Waals surface area contributed by atoms with Crippen LogP contribution in [0.3, 0.4) is 0 Å². The van der Waals surface area contributed by atoms with E-state index in [2.05, 4.69) is 62.0 Å². The molecule has 132 heavy (non-hydrogen) atoms. The van der Waals surface area contributed by atoms with E-state index >= 15 is 0 Å². The summed E-state index contributed by atoms with van der Waals surface area (Å²) < 4.78 is 29.4. The van der Waals surface area contributed by atoms with Crippen LogP contribution in [0, 0.1) is 40.4 Å². The molecule has 9 N–H and O–H groups in total. The minimum absolute atomic E-state index is 0.0847. The van der Waals surface area contributed by atoms with Crippen LogP contribution >= 0.6 is 0 Å². The van der Waals surface area contributed by atoms with Gasteiger partial charge < -0.3 is 55.6 Å². The van der Waals surface area contributed by atoms with Crippen LogP contribution in [0.5, 0.6) is 0 Å². The van der Waals surface area contributed by atoms with E-state index in [9.17, 15) is 57.5 Å². The zero-order valence-electron chi connectivity index (χ0n) is 78.6. The Bertz CT molecular complexity index is 5400. The highest BCUT2D eigenvalue weighted by Crippen LogP contribution is 2.45. The Kier molecular flexibility index (Phi) is 31.3. The Balaban J connectivity index is 0.000000168. The molecule has 13 atom stereocenters. The van der Waals surface area contributed by atoms with E-state index in [4.69, 9.17) is 38.6 Å². The largest absolute Gasteiger partial charge is 0.451 e. The van der Waals surface area contributed by atoms with Crippen molar-refractivity contribution in [1.29, 1.82) is 0 Å². The van der Waals surface area contributed by atoms with Crippen molar-refractivity contribution in [1.82, 2.24) is 78.2 Å². The van der Waals surface area contributed by atoms with Crippen LogP contribution in [0.15, 0.2) is 109 Å². The summed E-state index contributed by atoms with van der Waals surface area (Å²) in [5.74, 6) is -5.14. The maximum absolute atomic E-state index is 14.0. The highest BCUT2D eigenvalue weighted by atomic mass is 16.6. The van der Waals surface area contributed by atoms with Crippen molar-refractivity contribution in [2.24, 2.45) is 40.4 Å². The van der Waals surface area contributed by atoms with E-state index in [-0.39, 0.29) is 66.7 Å². The molecule has 708 valence electrons. The average molecular weight is 1820 g/mol. The summed E-state index contributed by atoms with van der Waals surface area (Å²) in [6, 6.07) is 24.1. The minimum Gasteiger partial charge on any atom is -0.451 e. The predicted molar refractivity (Wildman–Crippen MR) is 497 cm³/mol. The van der Waals surface area contributed by atoms with Crippen LogP contribution in [0.1, 0.15) is 246 Å². The number of nitrogens with zero attached hydrogens (tertiary/aromatic N) is 6. The monoisotopic (exact) mass is 1810 g/mol. The summed E-state index contributed by atoms with van der Waals surface area (Å²) in [6.45, 7) is 28.9. The van der Waals surface area contributed by atoms with Crippen molar-refractivity contribution in [3.05, 3.63) is 143 Å². The topological polar surface area (TPSA) is 408 Å². The van der Waals surface area contributed by atoms with Crippen molar-refractivity contribution in [3.8, 4) is 0 Å². The van der Waals surface area contributed by atoms with Crippen LogP contribution in [0.25, 0.3) is 50.9 Å². The normalized spacial score (nSPS) is 31.5. The third kappa shape index (κ3) is 23.1. The first-order valence-electron chi connectivity index (χ1n) is 47.0. The summed E-state index contributed by atoms with van der Waals surface area (Å²) in [4.78, 5) is 177. The Morgan fingerprint density at radius 2 is 0.727 bits per heavy atom. The van der Waals surface area contributed by atoms with E-state index in [0.29, 0.717) is 119 Å². The number of carbonyl (C=O) groups excluding carboxylic acids is 12. The number of ether oxygens (including phenoxy) is 5. The van der Waals surface area contributed by atoms with Crippen LogP contribution < -0.4 is 48.2 Å². The second-order valence-corrected chi connectivity index (χ2v) is 38.8. The van der Waals surface area contributed by atoms with Crippen molar-refractivity contribution in [2.75, 3.05) is 39.5 Å². The molecule has 2 saturated carbocycles. The molecule has 10 heterocycles. The second-order valence-electron chi connectivity index (χ2n) is 38.8. The predicted octanol–water partition coefficient (Wildman–Crippen LogP) is 10.6. The molecule has 32 heteroatoms. The van der Waals surface area contributed by atoms with E-state index < -0.39 is 124 Å². The molecule has 0 radical (unpaired) electrons. The molecule has 3 spiro atoms. The fourth-order valence-corrected chi connectivity index (χ4v) is 18.2. The van der Waals surface area contributed by atoms with Crippen molar-refractivity contribution < 1.29 is 81.2 Å². The summed E-state index contributed by atoms with van der Waals surface area (Å²) in [5.41, 5.74) is 11.8. The zero-order valence-corrected chi connectivity index (χ0v) is 78.6. The minimum atomic E-state index is -1.57. The fourth-order valence-electron chi connectivity index (χ4n) is 18.2. The number of rotatable bonds is 3. The molecule has 3 aromatic carbocycles. The van der Waals surface area contributed by atoms with Gasteiger partial charge in [0.25, 0.3) is 35.4 Å². The van der Waals surface area contributed by atoms with E-state index in [1.807, 2.05) is 164 Å². The highest BCUT2D eigenvalue weighted by molar-refractivity contribution is 5.96. The molecule has 15 bridgehead atoms. The quantitative estimate of drug-likeness (QED) is 0.0587. The molecule has 9 amide bonds. The fraction of sp³-hybridized carbons (Fsp3) is 0.550. The summed E-state index contributed by atoms with van der Waals surface area (Å²) in [7, 11) is 0. The Morgan fingerprint density at radius 3 is 1.11 bits per heavy atom. The Labute approximate surface area is 771 Å². The van der Waals surface area contributed by atoms with Gasteiger partial charge in [0.2, 0.25) is 23.3 Å². The van der Waals surface area contributed by atoms with Gasteiger partial charge in [-0.25, -0.2) is 21.1 Å². The number of pyridine rings is 3.